The summed E-state index contributed by atoms with van der Waals surface area (Å²) < 4.78 is 24.7. The van der Waals surface area contributed by atoms with E-state index in [9.17, 15) is 9.50 Å². The maximum atomic E-state index is 13.7. The van der Waals surface area contributed by atoms with E-state index in [1.165, 1.54) is 13.2 Å². The number of benzene rings is 2. The first-order valence-electron chi connectivity index (χ1n) is 7.95. The monoisotopic (exact) mass is 367 g/mol. The average Bonchev–Trinajstić information content (AvgIpc) is 2.60. The summed E-state index contributed by atoms with van der Waals surface area (Å²) in [7, 11) is 1.54. The molecule has 0 saturated heterocycles. The summed E-state index contributed by atoms with van der Waals surface area (Å²) in [5.41, 5.74) is 0.853. The van der Waals surface area contributed by atoms with Crippen LogP contribution in [0, 0.1) is 5.82 Å². The number of methoxy groups -OCH3 is 1. The summed E-state index contributed by atoms with van der Waals surface area (Å²) in [6.45, 7) is 4.34. The molecule has 0 aliphatic heterocycles. The number of hydrogen-bond acceptors (Lipinski definition) is 4. The first-order valence-corrected chi connectivity index (χ1v) is 8.32. The van der Waals surface area contributed by atoms with Gasteiger partial charge in [0.25, 0.3) is 0 Å². The minimum atomic E-state index is -0.420. The molecular weight excluding hydrogens is 345 g/mol. The molecule has 0 aliphatic rings. The molecule has 0 bridgehead atoms. The Labute approximate surface area is 152 Å². The molecule has 4 nitrogen and oxygen atoms in total. The van der Waals surface area contributed by atoms with Gasteiger partial charge in [0.05, 0.1) is 13.7 Å². The van der Waals surface area contributed by atoms with Gasteiger partial charge in [0.15, 0.2) is 11.5 Å². The summed E-state index contributed by atoms with van der Waals surface area (Å²) in [5.74, 6) is 0.639. The predicted molar refractivity (Wildman–Crippen MR) is 96.7 cm³/mol. The number of ether oxygens (including phenoxy) is 2. The van der Waals surface area contributed by atoms with Crippen LogP contribution in [0.5, 0.6) is 11.5 Å². The van der Waals surface area contributed by atoms with Crippen molar-refractivity contribution >= 4 is 11.6 Å². The Morgan fingerprint density at radius 3 is 2.52 bits per heavy atom. The lowest BCUT2D eigenvalue weighted by Gasteiger charge is -2.24. The number of hydrogen-bond donors (Lipinski definition) is 2. The van der Waals surface area contributed by atoms with Crippen molar-refractivity contribution in [1.82, 2.24) is 5.32 Å². The highest BCUT2D eigenvalue weighted by Gasteiger charge is 2.17. The van der Waals surface area contributed by atoms with Crippen molar-refractivity contribution in [3.05, 3.63) is 58.4 Å². The lowest BCUT2D eigenvalue weighted by Crippen LogP contribution is -2.42. The zero-order chi connectivity index (χ0) is 18.4. The molecule has 0 heterocycles. The number of aliphatic hydroxyl groups excluding tert-OH is 1. The van der Waals surface area contributed by atoms with Crippen LogP contribution >= 0.6 is 11.6 Å². The van der Waals surface area contributed by atoms with Gasteiger partial charge in [0.2, 0.25) is 0 Å². The van der Waals surface area contributed by atoms with Gasteiger partial charge in [0, 0.05) is 28.7 Å². The standard InChI is InChI=1S/C19H23ClFNO3/c1-19(2,12-23)22-10-14-8-17(24-3)18(9-15(14)20)25-11-13-6-4-5-7-16(13)21/h4-9,22-23H,10-12H2,1-3H3. The molecule has 136 valence electrons. The summed E-state index contributed by atoms with van der Waals surface area (Å²) in [6, 6.07) is 9.87. The Morgan fingerprint density at radius 1 is 1.16 bits per heavy atom. The molecule has 6 heteroatoms. The van der Waals surface area contributed by atoms with Crippen molar-refractivity contribution in [2.24, 2.45) is 0 Å². The third-order valence-electron chi connectivity index (χ3n) is 3.83. The quantitative estimate of drug-likeness (QED) is 0.742. The van der Waals surface area contributed by atoms with E-state index < -0.39 is 5.54 Å². The summed E-state index contributed by atoms with van der Waals surface area (Å²) in [4.78, 5) is 0. The van der Waals surface area contributed by atoms with E-state index in [4.69, 9.17) is 21.1 Å². The van der Waals surface area contributed by atoms with Gasteiger partial charge >= 0.3 is 0 Å². The fourth-order valence-corrected chi connectivity index (χ4v) is 2.37. The van der Waals surface area contributed by atoms with Crippen LogP contribution in [-0.2, 0) is 13.2 Å². The van der Waals surface area contributed by atoms with E-state index >= 15 is 0 Å². The highest BCUT2D eigenvalue weighted by Crippen LogP contribution is 2.34. The molecule has 0 fully saturated rings. The minimum Gasteiger partial charge on any atom is -0.493 e. The van der Waals surface area contributed by atoms with Gasteiger partial charge in [-0.15, -0.1) is 0 Å². The molecule has 2 aromatic rings. The number of halogens is 2. The second kappa shape index (κ2) is 8.52. The molecule has 0 amide bonds. The van der Waals surface area contributed by atoms with Gasteiger partial charge in [-0.1, -0.05) is 29.8 Å². The smallest absolute Gasteiger partial charge is 0.163 e. The predicted octanol–water partition coefficient (Wildman–Crippen LogP) is 3.93. The molecule has 0 spiro atoms. The van der Waals surface area contributed by atoms with Crippen LogP contribution in [-0.4, -0.2) is 24.4 Å². The van der Waals surface area contributed by atoms with Crippen molar-refractivity contribution < 1.29 is 19.0 Å². The van der Waals surface area contributed by atoms with Crippen LogP contribution in [0.1, 0.15) is 25.0 Å². The first-order chi connectivity index (χ1) is 11.9. The molecule has 25 heavy (non-hydrogen) atoms. The zero-order valence-electron chi connectivity index (χ0n) is 14.6. The van der Waals surface area contributed by atoms with E-state index in [1.807, 2.05) is 13.8 Å². The molecular formula is C19H23ClFNO3. The summed E-state index contributed by atoms with van der Waals surface area (Å²) >= 11 is 6.33. The SMILES string of the molecule is COc1cc(CNC(C)(C)CO)c(Cl)cc1OCc1ccccc1F. The molecule has 2 rings (SSSR count). The number of nitrogens with one attached hydrogen (secondary N) is 1. The minimum absolute atomic E-state index is 0.00554. The van der Waals surface area contributed by atoms with E-state index in [0.29, 0.717) is 28.6 Å². The largest absolute Gasteiger partial charge is 0.493 e. The van der Waals surface area contributed by atoms with Crippen LogP contribution < -0.4 is 14.8 Å². The van der Waals surface area contributed by atoms with Crippen molar-refractivity contribution in [3.63, 3.8) is 0 Å². The molecule has 0 atom stereocenters. The second-order valence-corrected chi connectivity index (χ2v) is 6.78. The molecule has 0 aromatic heterocycles. The van der Waals surface area contributed by atoms with Gasteiger partial charge in [-0.2, -0.15) is 0 Å². The van der Waals surface area contributed by atoms with Gasteiger partial charge in [-0.3, -0.25) is 0 Å². The Kier molecular flexibility index (Phi) is 6.64. The fraction of sp³-hybridized carbons (Fsp3) is 0.368. The van der Waals surface area contributed by atoms with E-state index in [2.05, 4.69) is 5.32 Å². The molecule has 2 N–H and O–H groups in total. The van der Waals surface area contributed by atoms with Crippen LogP contribution in [0.4, 0.5) is 4.39 Å². The maximum Gasteiger partial charge on any atom is 0.163 e. The number of aliphatic hydroxyl groups is 1. The van der Waals surface area contributed by atoms with Crippen molar-refractivity contribution in [2.75, 3.05) is 13.7 Å². The van der Waals surface area contributed by atoms with Crippen molar-refractivity contribution in [2.45, 2.75) is 32.5 Å². The zero-order valence-corrected chi connectivity index (χ0v) is 15.4. The van der Waals surface area contributed by atoms with Crippen LogP contribution in [0.15, 0.2) is 36.4 Å². The highest BCUT2D eigenvalue weighted by molar-refractivity contribution is 6.31. The van der Waals surface area contributed by atoms with E-state index in [1.54, 1.807) is 30.3 Å². The highest BCUT2D eigenvalue weighted by atomic mass is 35.5. The van der Waals surface area contributed by atoms with Crippen LogP contribution in [0.3, 0.4) is 0 Å². The Balaban J connectivity index is 2.14. The first kappa shape index (κ1) is 19.5. The lowest BCUT2D eigenvalue weighted by molar-refractivity contribution is 0.187. The normalized spacial score (nSPS) is 11.4. The van der Waals surface area contributed by atoms with Crippen LogP contribution in [0.2, 0.25) is 5.02 Å². The van der Waals surface area contributed by atoms with Crippen molar-refractivity contribution in [1.29, 1.82) is 0 Å². The van der Waals surface area contributed by atoms with Crippen LogP contribution in [0.25, 0.3) is 0 Å². The van der Waals surface area contributed by atoms with Gasteiger partial charge in [-0.25, -0.2) is 4.39 Å². The van der Waals surface area contributed by atoms with Gasteiger partial charge in [0.1, 0.15) is 12.4 Å². The topological polar surface area (TPSA) is 50.7 Å². The van der Waals surface area contributed by atoms with Gasteiger partial charge < -0.3 is 19.9 Å². The van der Waals surface area contributed by atoms with E-state index in [-0.39, 0.29) is 19.0 Å². The third-order valence-corrected chi connectivity index (χ3v) is 4.18. The lowest BCUT2D eigenvalue weighted by atomic mass is 10.1. The number of rotatable bonds is 8. The summed E-state index contributed by atoms with van der Waals surface area (Å²) in [5, 5.41) is 13.0. The Bertz CT molecular complexity index is 722. The average molecular weight is 368 g/mol. The fourth-order valence-electron chi connectivity index (χ4n) is 2.15. The van der Waals surface area contributed by atoms with Crippen molar-refractivity contribution in [3.8, 4) is 11.5 Å². The maximum absolute atomic E-state index is 13.7. The summed E-state index contributed by atoms with van der Waals surface area (Å²) in [6.07, 6.45) is 0. The molecule has 0 radical (unpaired) electrons. The molecule has 0 unspecified atom stereocenters. The Hall–Kier alpha value is -1.82. The molecule has 2 aromatic carbocycles. The molecule has 0 saturated carbocycles. The molecule has 0 aliphatic carbocycles. The van der Waals surface area contributed by atoms with Gasteiger partial charge in [-0.05, 0) is 31.5 Å². The Morgan fingerprint density at radius 2 is 1.88 bits per heavy atom. The third kappa shape index (κ3) is 5.33. The second-order valence-electron chi connectivity index (χ2n) is 6.37. The van der Waals surface area contributed by atoms with E-state index in [0.717, 1.165) is 5.56 Å².